The summed E-state index contributed by atoms with van der Waals surface area (Å²) in [5.41, 5.74) is 3.26. The molecule has 0 spiro atoms. The van der Waals surface area contributed by atoms with Gasteiger partial charge in [0.1, 0.15) is 0 Å². The highest BCUT2D eigenvalue weighted by molar-refractivity contribution is 6.30. The summed E-state index contributed by atoms with van der Waals surface area (Å²) in [6.45, 7) is 4.05. The van der Waals surface area contributed by atoms with Crippen molar-refractivity contribution >= 4 is 17.4 Å². The summed E-state index contributed by atoms with van der Waals surface area (Å²) in [7, 11) is 2.16. The minimum Gasteiger partial charge on any atom is -0.352 e. The molecule has 1 aliphatic rings. The molecule has 1 aromatic carbocycles. The standard InChI is InChI=1S/C19H20ClN5/c1-23-10-12-24(13-11-23)19-18(15-6-8-21-9-7-15)14-25(22-19)17-4-2-16(20)3-5-17/h2-9,14H,10-13H2,1H3. The Labute approximate surface area is 152 Å². The van der Waals surface area contributed by atoms with Gasteiger partial charge in [0.15, 0.2) is 5.82 Å². The second-order valence-electron chi connectivity index (χ2n) is 6.31. The van der Waals surface area contributed by atoms with Crippen LogP contribution < -0.4 is 4.90 Å². The third-order valence-electron chi connectivity index (χ3n) is 4.58. The van der Waals surface area contributed by atoms with Crippen molar-refractivity contribution in [1.82, 2.24) is 19.7 Å². The molecule has 5 nitrogen and oxygen atoms in total. The average Bonchev–Trinajstić information content (AvgIpc) is 3.09. The van der Waals surface area contributed by atoms with Gasteiger partial charge in [-0.15, -0.1) is 5.10 Å². The lowest BCUT2D eigenvalue weighted by molar-refractivity contribution is 0.312. The summed E-state index contributed by atoms with van der Waals surface area (Å²) in [4.78, 5) is 8.84. The van der Waals surface area contributed by atoms with E-state index in [4.69, 9.17) is 16.7 Å². The second-order valence-corrected chi connectivity index (χ2v) is 6.75. The zero-order chi connectivity index (χ0) is 17.2. The molecule has 0 amide bonds. The van der Waals surface area contributed by atoms with Crippen LogP contribution in [0.15, 0.2) is 55.0 Å². The van der Waals surface area contributed by atoms with Crippen molar-refractivity contribution in [3.8, 4) is 16.8 Å². The molecular weight excluding hydrogens is 334 g/mol. The Hall–Kier alpha value is -2.37. The van der Waals surface area contributed by atoms with E-state index in [1.807, 2.05) is 53.5 Å². The van der Waals surface area contributed by atoms with Crippen LogP contribution in [0.2, 0.25) is 5.02 Å². The summed E-state index contributed by atoms with van der Waals surface area (Å²) in [5.74, 6) is 1.02. The van der Waals surface area contributed by atoms with Crippen LogP contribution in [-0.2, 0) is 0 Å². The Balaban J connectivity index is 1.76. The first-order valence-electron chi connectivity index (χ1n) is 8.40. The monoisotopic (exact) mass is 353 g/mol. The second kappa shape index (κ2) is 6.86. The van der Waals surface area contributed by atoms with Crippen molar-refractivity contribution < 1.29 is 0 Å². The summed E-state index contributed by atoms with van der Waals surface area (Å²) in [5, 5.41) is 5.62. The van der Waals surface area contributed by atoms with Crippen LogP contribution in [0, 0.1) is 0 Å². The molecule has 0 atom stereocenters. The lowest BCUT2D eigenvalue weighted by Gasteiger charge is -2.33. The van der Waals surface area contributed by atoms with E-state index < -0.39 is 0 Å². The van der Waals surface area contributed by atoms with Crippen molar-refractivity contribution in [3.63, 3.8) is 0 Å². The molecule has 1 aliphatic heterocycles. The van der Waals surface area contributed by atoms with E-state index in [-0.39, 0.29) is 0 Å². The minimum absolute atomic E-state index is 0.726. The van der Waals surface area contributed by atoms with Crippen LogP contribution >= 0.6 is 11.6 Å². The predicted molar refractivity (Wildman–Crippen MR) is 102 cm³/mol. The highest BCUT2D eigenvalue weighted by Crippen LogP contribution is 2.31. The lowest BCUT2D eigenvalue weighted by Crippen LogP contribution is -2.44. The summed E-state index contributed by atoms with van der Waals surface area (Å²) in [6.07, 6.45) is 5.73. The molecule has 0 N–H and O–H groups in total. The molecule has 0 unspecified atom stereocenters. The van der Waals surface area contributed by atoms with Crippen LogP contribution in [0.25, 0.3) is 16.8 Å². The molecular formula is C19H20ClN5. The zero-order valence-corrected chi connectivity index (χ0v) is 14.9. The molecule has 25 heavy (non-hydrogen) atoms. The fourth-order valence-corrected chi connectivity index (χ4v) is 3.20. The molecule has 128 valence electrons. The van der Waals surface area contributed by atoms with Gasteiger partial charge in [-0.1, -0.05) is 11.6 Å². The van der Waals surface area contributed by atoms with Gasteiger partial charge in [0.2, 0.25) is 0 Å². The zero-order valence-electron chi connectivity index (χ0n) is 14.1. The Morgan fingerprint density at radius 3 is 2.28 bits per heavy atom. The van der Waals surface area contributed by atoms with Gasteiger partial charge in [-0.3, -0.25) is 4.98 Å². The summed E-state index contributed by atoms with van der Waals surface area (Å²) >= 11 is 6.02. The van der Waals surface area contributed by atoms with E-state index in [0.717, 1.165) is 53.8 Å². The van der Waals surface area contributed by atoms with E-state index in [0.29, 0.717) is 0 Å². The molecule has 0 bridgehead atoms. The number of likely N-dealkylation sites (N-methyl/N-ethyl adjacent to an activating group) is 1. The fraction of sp³-hybridized carbons (Fsp3) is 0.263. The Morgan fingerprint density at radius 1 is 0.920 bits per heavy atom. The minimum atomic E-state index is 0.726. The van der Waals surface area contributed by atoms with Crippen molar-refractivity contribution in [3.05, 3.63) is 60.0 Å². The van der Waals surface area contributed by atoms with Crippen LogP contribution in [0.3, 0.4) is 0 Å². The van der Waals surface area contributed by atoms with Crippen molar-refractivity contribution in [2.45, 2.75) is 0 Å². The quantitative estimate of drug-likeness (QED) is 0.723. The Kier molecular flexibility index (Phi) is 4.42. The third kappa shape index (κ3) is 3.38. The van der Waals surface area contributed by atoms with Crippen molar-refractivity contribution in [2.24, 2.45) is 0 Å². The highest BCUT2D eigenvalue weighted by Gasteiger charge is 2.21. The molecule has 0 aliphatic carbocycles. The molecule has 3 heterocycles. The summed E-state index contributed by atoms with van der Waals surface area (Å²) in [6, 6.07) is 11.8. The van der Waals surface area contributed by atoms with Gasteiger partial charge in [-0.2, -0.15) is 0 Å². The topological polar surface area (TPSA) is 37.2 Å². The van der Waals surface area contributed by atoms with Gasteiger partial charge in [-0.25, -0.2) is 4.68 Å². The van der Waals surface area contributed by atoms with Gasteiger partial charge in [-0.05, 0) is 49.0 Å². The molecule has 1 fully saturated rings. The largest absolute Gasteiger partial charge is 0.352 e. The molecule has 1 saturated heterocycles. The van der Waals surface area contributed by atoms with E-state index in [2.05, 4.69) is 28.0 Å². The van der Waals surface area contributed by atoms with E-state index in [1.54, 1.807) is 0 Å². The number of pyridine rings is 1. The molecule has 0 radical (unpaired) electrons. The Bertz CT molecular complexity index is 836. The van der Waals surface area contributed by atoms with Crippen molar-refractivity contribution in [1.29, 1.82) is 0 Å². The molecule has 3 aromatic rings. The maximum absolute atomic E-state index is 6.02. The number of aromatic nitrogens is 3. The first kappa shape index (κ1) is 16.1. The highest BCUT2D eigenvalue weighted by atomic mass is 35.5. The van der Waals surface area contributed by atoms with Gasteiger partial charge in [0, 0.05) is 55.4 Å². The van der Waals surface area contributed by atoms with E-state index in [1.165, 1.54) is 0 Å². The number of rotatable bonds is 3. The number of hydrogen-bond donors (Lipinski definition) is 0. The summed E-state index contributed by atoms with van der Waals surface area (Å²) < 4.78 is 1.93. The maximum atomic E-state index is 6.02. The predicted octanol–water partition coefficient (Wildman–Crippen LogP) is 3.34. The van der Waals surface area contributed by atoms with E-state index >= 15 is 0 Å². The van der Waals surface area contributed by atoms with Crippen LogP contribution in [0.4, 0.5) is 5.82 Å². The van der Waals surface area contributed by atoms with Gasteiger partial charge in [0.05, 0.1) is 5.69 Å². The van der Waals surface area contributed by atoms with Crippen LogP contribution in [0.5, 0.6) is 0 Å². The lowest BCUT2D eigenvalue weighted by atomic mass is 10.1. The number of benzene rings is 1. The Morgan fingerprint density at radius 2 is 1.60 bits per heavy atom. The van der Waals surface area contributed by atoms with Gasteiger partial charge < -0.3 is 9.80 Å². The number of piperazine rings is 1. The number of anilines is 1. The smallest absolute Gasteiger partial charge is 0.159 e. The van der Waals surface area contributed by atoms with Crippen LogP contribution in [0.1, 0.15) is 0 Å². The number of halogens is 1. The molecule has 4 rings (SSSR count). The average molecular weight is 354 g/mol. The first-order chi connectivity index (χ1) is 12.2. The number of hydrogen-bond acceptors (Lipinski definition) is 4. The molecule has 6 heteroatoms. The number of nitrogens with zero attached hydrogens (tertiary/aromatic N) is 5. The van der Waals surface area contributed by atoms with Crippen LogP contribution in [-0.4, -0.2) is 52.9 Å². The van der Waals surface area contributed by atoms with Crippen molar-refractivity contribution in [2.75, 3.05) is 38.1 Å². The third-order valence-corrected chi connectivity index (χ3v) is 4.83. The van der Waals surface area contributed by atoms with Gasteiger partial charge in [0.25, 0.3) is 0 Å². The fourth-order valence-electron chi connectivity index (χ4n) is 3.08. The normalized spacial score (nSPS) is 15.5. The van der Waals surface area contributed by atoms with Gasteiger partial charge >= 0.3 is 0 Å². The first-order valence-corrected chi connectivity index (χ1v) is 8.78. The SMILES string of the molecule is CN1CCN(c2nn(-c3ccc(Cl)cc3)cc2-c2ccncc2)CC1. The molecule has 2 aromatic heterocycles. The molecule has 0 saturated carbocycles. The maximum Gasteiger partial charge on any atom is 0.159 e. The van der Waals surface area contributed by atoms with E-state index in [9.17, 15) is 0 Å².